The van der Waals surface area contributed by atoms with Crippen molar-refractivity contribution in [1.82, 2.24) is 0 Å². The summed E-state index contributed by atoms with van der Waals surface area (Å²) >= 11 is 1.49. The monoisotopic (exact) mass is 308 g/mol. The summed E-state index contributed by atoms with van der Waals surface area (Å²) in [5, 5.41) is 0. The Morgan fingerprint density at radius 3 is 2.24 bits per heavy atom. The first-order chi connectivity index (χ1) is 9.73. The first-order valence-corrected chi connectivity index (χ1v) is 8.07. The summed E-state index contributed by atoms with van der Waals surface area (Å²) in [5.74, 6) is -0.349. The molecule has 0 atom stereocenters. The standard InChI is InChI=1S/C15H21BO4S/c1-14(2)15(3,4)20-16(19-14)11-9-7-8-10(12(11)21-6)13(17)18-5/h7-9H,1-6H3. The molecule has 0 aliphatic carbocycles. The Morgan fingerprint density at radius 1 is 1.19 bits per heavy atom. The third kappa shape index (κ3) is 2.85. The fourth-order valence-electron chi connectivity index (χ4n) is 2.21. The Bertz CT molecular complexity index is 541. The molecule has 6 heteroatoms. The molecule has 0 amide bonds. The molecule has 2 rings (SSSR count). The van der Waals surface area contributed by atoms with Crippen molar-refractivity contribution in [3.8, 4) is 0 Å². The van der Waals surface area contributed by atoms with Crippen LogP contribution in [0.1, 0.15) is 38.1 Å². The molecule has 1 aliphatic heterocycles. The van der Waals surface area contributed by atoms with Gasteiger partial charge in [-0.25, -0.2) is 4.79 Å². The van der Waals surface area contributed by atoms with Gasteiger partial charge in [0.25, 0.3) is 0 Å². The van der Waals surface area contributed by atoms with Gasteiger partial charge >= 0.3 is 13.1 Å². The van der Waals surface area contributed by atoms with Gasteiger partial charge in [-0.1, -0.05) is 12.1 Å². The highest BCUT2D eigenvalue weighted by atomic mass is 32.2. The number of methoxy groups -OCH3 is 1. The third-order valence-electron chi connectivity index (χ3n) is 4.16. The highest BCUT2D eigenvalue weighted by molar-refractivity contribution is 7.99. The van der Waals surface area contributed by atoms with E-state index in [2.05, 4.69) is 0 Å². The number of esters is 1. The van der Waals surface area contributed by atoms with Gasteiger partial charge in [0.2, 0.25) is 0 Å². The number of rotatable bonds is 3. The molecule has 0 radical (unpaired) electrons. The molecule has 0 bridgehead atoms. The van der Waals surface area contributed by atoms with Crippen molar-refractivity contribution >= 4 is 30.3 Å². The topological polar surface area (TPSA) is 44.8 Å². The molecular weight excluding hydrogens is 287 g/mol. The number of benzene rings is 1. The van der Waals surface area contributed by atoms with Crippen LogP contribution in [0.3, 0.4) is 0 Å². The summed E-state index contributed by atoms with van der Waals surface area (Å²) in [6, 6.07) is 5.51. The Labute approximate surface area is 130 Å². The number of hydrogen-bond acceptors (Lipinski definition) is 5. The van der Waals surface area contributed by atoms with Gasteiger partial charge in [-0.2, -0.15) is 0 Å². The van der Waals surface area contributed by atoms with E-state index in [9.17, 15) is 4.79 Å². The molecule has 0 saturated carbocycles. The zero-order valence-corrected chi connectivity index (χ0v) is 14.2. The van der Waals surface area contributed by atoms with Gasteiger partial charge in [-0.05, 0) is 45.5 Å². The minimum absolute atomic E-state index is 0.349. The molecule has 0 N–H and O–H groups in total. The van der Waals surface area contributed by atoms with Crippen molar-refractivity contribution in [2.45, 2.75) is 43.8 Å². The highest BCUT2D eigenvalue weighted by Crippen LogP contribution is 2.37. The van der Waals surface area contributed by atoms with Crippen molar-refractivity contribution < 1.29 is 18.8 Å². The Balaban J connectivity index is 2.44. The van der Waals surface area contributed by atoms with Gasteiger partial charge in [-0.3, -0.25) is 0 Å². The fourth-order valence-corrected chi connectivity index (χ4v) is 2.98. The van der Waals surface area contributed by atoms with E-state index in [4.69, 9.17) is 14.0 Å². The Kier molecular flexibility index (Phi) is 4.43. The molecule has 1 aromatic rings. The van der Waals surface area contributed by atoms with Gasteiger partial charge in [0.05, 0.1) is 23.9 Å². The minimum atomic E-state index is -0.484. The summed E-state index contributed by atoms with van der Waals surface area (Å²) in [7, 11) is 0.899. The molecule has 1 aromatic carbocycles. The summed E-state index contributed by atoms with van der Waals surface area (Å²) in [6.07, 6.45) is 1.93. The van der Waals surface area contributed by atoms with Crippen molar-refractivity contribution in [3.05, 3.63) is 23.8 Å². The molecule has 1 heterocycles. The van der Waals surface area contributed by atoms with Gasteiger partial charge < -0.3 is 14.0 Å². The van der Waals surface area contributed by atoms with Gasteiger partial charge in [0.15, 0.2) is 0 Å². The van der Waals surface area contributed by atoms with Crippen molar-refractivity contribution in [2.75, 3.05) is 13.4 Å². The van der Waals surface area contributed by atoms with Crippen molar-refractivity contribution in [1.29, 1.82) is 0 Å². The van der Waals surface area contributed by atoms with Crippen LogP contribution in [0.25, 0.3) is 0 Å². The first-order valence-electron chi connectivity index (χ1n) is 6.84. The summed E-state index contributed by atoms with van der Waals surface area (Å²) in [4.78, 5) is 12.7. The number of hydrogen-bond donors (Lipinski definition) is 0. The molecule has 114 valence electrons. The molecule has 0 aromatic heterocycles. The molecule has 0 unspecified atom stereocenters. The lowest BCUT2D eigenvalue weighted by atomic mass is 9.78. The quantitative estimate of drug-likeness (QED) is 0.488. The van der Waals surface area contributed by atoms with E-state index in [0.717, 1.165) is 10.4 Å². The predicted molar refractivity (Wildman–Crippen MR) is 85.3 cm³/mol. The van der Waals surface area contributed by atoms with E-state index in [0.29, 0.717) is 5.56 Å². The van der Waals surface area contributed by atoms with Gasteiger partial charge in [0.1, 0.15) is 0 Å². The number of ether oxygens (including phenoxy) is 1. The lowest BCUT2D eigenvalue weighted by Crippen LogP contribution is -2.41. The summed E-state index contributed by atoms with van der Waals surface area (Å²) in [5.41, 5.74) is 0.588. The molecule has 1 fully saturated rings. The molecule has 21 heavy (non-hydrogen) atoms. The van der Waals surface area contributed by atoms with Crippen LogP contribution in [0.15, 0.2) is 23.1 Å². The van der Waals surface area contributed by atoms with Crippen LogP contribution in [0.5, 0.6) is 0 Å². The van der Waals surface area contributed by atoms with Crippen LogP contribution in [0.2, 0.25) is 0 Å². The van der Waals surface area contributed by atoms with Gasteiger partial charge in [0, 0.05) is 4.90 Å². The molecule has 1 aliphatic rings. The molecule has 1 saturated heterocycles. The van der Waals surface area contributed by atoms with E-state index in [1.54, 1.807) is 6.07 Å². The zero-order valence-electron chi connectivity index (χ0n) is 13.4. The average molecular weight is 308 g/mol. The zero-order chi connectivity index (χ0) is 15.8. The summed E-state index contributed by atoms with van der Waals surface area (Å²) < 4.78 is 17.0. The molecule has 0 spiro atoms. The molecular formula is C15H21BO4S. The van der Waals surface area contributed by atoms with Crippen LogP contribution in [-0.2, 0) is 14.0 Å². The normalized spacial score (nSPS) is 19.6. The maximum Gasteiger partial charge on any atom is 0.496 e. The van der Waals surface area contributed by atoms with Crippen LogP contribution >= 0.6 is 11.8 Å². The Hall–Kier alpha value is -0.975. The second kappa shape index (κ2) is 5.67. The first kappa shape index (κ1) is 16.4. The summed E-state index contributed by atoms with van der Waals surface area (Å²) in [6.45, 7) is 8.04. The number of carbonyl (C=O) groups excluding carboxylic acids is 1. The third-order valence-corrected chi connectivity index (χ3v) is 5.03. The molecule has 4 nitrogen and oxygen atoms in total. The maximum absolute atomic E-state index is 11.9. The van der Waals surface area contributed by atoms with Gasteiger partial charge in [-0.15, -0.1) is 11.8 Å². The lowest BCUT2D eigenvalue weighted by Gasteiger charge is -2.32. The van der Waals surface area contributed by atoms with Crippen LogP contribution in [-0.4, -0.2) is 37.7 Å². The fraction of sp³-hybridized carbons (Fsp3) is 0.533. The Morgan fingerprint density at radius 2 is 1.76 bits per heavy atom. The average Bonchev–Trinajstić information content (AvgIpc) is 2.65. The van der Waals surface area contributed by atoms with E-state index in [-0.39, 0.29) is 5.97 Å². The number of carbonyl (C=O) groups is 1. The van der Waals surface area contributed by atoms with E-state index in [1.807, 2.05) is 46.1 Å². The lowest BCUT2D eigenvalue weighted by molar-refractivity contribution is 0.00578. The predicted octanol–water partition coefficient (Wildman–Crippen LogP) is 2.49. The maximum atomic E-state index is 11.9. The second-order valence-corrected chi connectivity index (χ2v) is 6.82. The van der Waals surface area contributed by atoms with E-state index >= 15 is 0 Å². The van der Waals surface area contributed by atoms with Crippen molar-refractivity contribution in [3.63, 3.8) is 0 Å². The van der Waals surface area contributed by atoms with Crippen LogP contribution in [0.4, 0.5) is 0 Å². The van der Waals surface area contributed by atoms with E-state index in [1.165, 1.54) is 18.9 Å². The van der Waals surface area contributed by atoms with Crippen molar-refractivity contribution in [2.24, 2.45) is 0 Å². The van der Waals surface area contributed by atoms with Crippen LogP contribution in [0, 0.1) is 0 Å². The minimum Gasteiger partial charge on any atom is -0.465 e. The second-order valence-electron chi connectivity index (χ2n) is 6.01. The van der Waals surface area contributed by atoms with Crippen LogP contribution < -0.4 is 5.46 Å². The smallest absolute Gasteiger partial charge is 0.465 e. The SMILES string of the molecule is COC(=O)c1cccc(B2OC(C)(C)C(C)(C)O2)c1SC. The largest absolute Gasteiger partial charge is 0.496 e. The highest BCUT2D eigenvalue weighted by Gasteiger charge is 2.52. The number of thioether (sulfide) groups is 1. The van der Waals surface area contributed by atoms with E-state index < -0.39 is 18.3 Å².